The number of hydrogen-bond donors (Lipinski definition) is 1. The van der Waals surface area contributed by atoms with E-state index in [4.69, 9.17) is 4.74 Å². The second-order valence-electron chi connectivity index (χ2n) is 6.72. The van der Waals surface area contributed by atoms with Crippen LogP contribution < -0.4 is 10.1 Å². The summed E-state index contributed by atoms with van der Waals surface area (Å²) in [6.45, 7) is 2.17. The molecular weight excluding hydrogens is 574 g/mol. The smallest absolute Gasteiger partial charge is 0.266 e. The molecule has 0 bridgehead atoms. The van der Waals surface area contributed by atoms with Crippen LogP contribution >= 0.6 is 38.5 Å². The van der Waals surface area contributed by atoms with Crippen molar-refractivity contribution in [2.24, 2.45) is 0 Å². The Balaban J connectivity index is 1.76. The van der Waals surface area contributed by atoms with Gasteiger partial charge in [0.15, 0.2) is 0 Å². The summed E-state index contributed by atoms with van der Waals surface area (Å²) >= 11 is 5.60. The van der Waals surface area contributed by atoms with Gasteiger partial charge in [0.05, 0.1) is 8.04 Å². The summed E-state index contributed by atoms with van der Waals surface area (Å²) < 4.78 is 20.6. The lowest BCUT2D eigenvalue weighted by Crippen LogP contribution is -2.13. The molecule has 0 aromatic heterocycles. The number of nitrogens with zero attached hydrogens (tertiary/aromatic N) is 1. The van der Waals surface area contributed by atoms with Gasteiger partial charge in [-0.05, 0) is 99.0 Å². The van der Waals surface area contributed by atoms with Crippen molar-refractivity contribution in [3.05, 3.63) is 96.8 Å². The first-order chi connectivity index (χ1) is 14.9. The molecule has 0 atom stereocenters. The Morgan fingerprint density at radius 3 is 2.61 bits per heavy atom. The highest BCUT2D eigenvalue weighted by atomic mass is 127. The highest BCUT2D eigenvalue weighted by molar-refractivity contribution is 14.1. The summed E-state index contributed by atoms with van der Waals surface area (Å²) in [6, 6.07) is 19.1. The van der Waals surface area contributed by atoms with Gasteiger partial charge in [0.1, 0.15) is 29.8 Å². The fourth-order valence-electron chi connectivity index (χ4n) is 2.73. The first-order valence-electron chi connectivity index (χ1n) is 9.22. The van der Waals surface area contributed by atoms with Crippen LogP contribution in [0.5, 0.6) is 5.75 Å². The molecule has 0 spiro atoms. The van der Waals surface area contributed by atoms with Crippen LogP contribution in [0.3, 0.4) is 0 Å². The highest BCUT2D eigenvalue weighted by Crippen LogP contribution is 2.33. The zero-order valence-corrected chi connectivity index (χ0v) is 20.2. The summed E-state index contributed by atoms with van der Waals surface area (Å²) in [5, 5.41) is 12.2. The maximum atomic E-state index is 13.3. The average Bonchev–Trinajstić information content (AvgIpc) is 2.73. The molecule has 1 amide bonds. The van der Waals surface area contributed by atoms with Crippen LogP contribution in [-0.4, -0.2) is 5.91 Å². The van der Waals surface area contributed by atoms with Crippen molar-refractivity contribution in [3.8, 4) is 11.8 Å². The molecule has 0 unspecified atom stereocenters. The molecule has 0 aliphatic carbocycles. The van der Waals surface area contributed by atoms with Crippen molar-refractivity contribution >= 4 is 56.2 Å². The predicted octanol–water partition coefficient (Wildman–Crippen LogP) is 6.63. The van der Waals surface area contributed by atoms with E-state index in [1.807, 2.05) is 31.2 Å². The molecule has 0 saturated heterocycles. The number of rotatable bonds is 6. The zero-order valence-electron chi connectivity index (χ0n) is 16.5. The first-order valence-corrected chi connectivity index (χ1v) is 11.1. The van der Waals surface area contributed by atoms with E-state index in [0.29, 0.717) is 27.0 Å². The summed E-state index contributed by atoms with van der Waals surface area (Å²) in [5.74, 6) is -0.197. The monoisotopic (exact) mass is 590 g/mol. The molecule has 0 saturated carbocycles. The molecule has 156 valence electrons. The lowest BCUT2D eigenvalue weighted by atomic mass is 10.1. The van der Waals surface area contributed by atoms with Crippen LogP contribution in [0.25, 0.3) is 6.08 Å². The van der Waals surface area contributed by atoms with E-state index in [2.05, 4.69) is 43.8 Å². The van der Waals surface area contributed by atoms with Gasteiger partial charge < -0.3 is 10.1 Å². The molecule has 0 heterocycles. The molecule has 3 aromatic carbocycles. The van der Waals surface area contributed by atoms with Crippen LogP contribution in [0.2, 0.25) is 0 Å². The van der Waals surface area contributed by atoms with Gasteiger partial charge in [0.2, 0.25) is 0 Å². The summed E-state index contributed by atoms with van der Waals surface area (Å²) in [4.78, 5) is 12.5. The normalized spacial score (nSPS) is 11.0. The molecule has 1 N–H and O–H groups in total. The largest absolute Gasteiger partial charge is 0.487 e. The molecule has 0 aliphatic rings. The fourth-order valence-corrected chi connectivity index (χ4v) is 4.50. The fraction of sp³-hybridized carbons (Fsp3) is 0.0833. The van der Waals surface area contributed by atoms with Gasteiger partial charge in [0.25, 0.3) is 5.91 Å². The molecule has 31 heavy (non-hydrogen) atoms. The summed E-state index contributed by atoms with van der Waals surface area (Å²) in [6.07, 6.45) is 1.52. The number of halogens is 3. The van der Waals surface area contributed by atoms with Crippen LogP contribution in [0.1, 0.15) is 16.7 Å². The second kappa shape index (κ2) is 10.6. The molecule has 0 aliphatic heterocycles. The molecule has 0 fully saturated rings. The third-order valence-corrected chi connectivity index (χ3v) is 5.67. The van der Waals surface area contributed by atoms with Crippen molar-refractivity contribution in [3.63, 3.8) is 0 Å². The van der Waals surface area contributed by atoms with Crippen LogP contribution in [-0.2, 0) is 11.4 Å². The number of benzene rings is 3. The van der Waals surface area contributed by atoms with E-state index in [-0.39, 0.29) is 18.0 Å². The minimum Gasteiger partial charge on any atom is -0.487 e. The van der Waals surface area contributed by atoms with Gasteiger partial charge >= 0.3 is 0 Å². The van der Waals surface area contributed by atoms with Crippen molar-refractivity contribution in [2.45, 2.75) is 13.5 Å². The Morgan fingerprint density at radius 1 is 1.23 bits per heavy atom. The number of carbonyl (C=O) groups is 1. The van der Waals surface area contributed by atoms with Crippen molar-refractivity contribution < 1.29 is 13.9 Å². The van der Waals surface area contributed by atoms with Crippen molar-refractivity contribution in [2.75, 3.05) is 5.32 Å². The highest BCUT2D eigenvalue weighted by Gasteiger charge is 2.13. The number of ether oxygens (including phenoxy) is 1. The maximum Gasteiger partial charge on any atom is 0.266 e. The van der Waals surface area contributed by atoms with Crippen molar-refractivity contribution in [1.82, 2.24) is 0 Å². The van der Waals surface area contributed by atoms with E-state index in [0.717, 1.165) is 9.13 Å². The van der Waals surface area contributed by atoms with E-state index in [1.165, 1.54) is 18.2 Å². The number of amides is 1. The first kappa shape index (κ1) is 23.0. The Labute approximate surface area is 202 Å². The topological polar surface area (TPSA) is 62.1 Å². The zero-order chi connectivity index (χ0) is 22.4. The third kappa shape index (κ3) is 6.39. The van der Waals surface area contributed by atoms with Gasteiger partial charge in [-0.15, -0.1) is 0 Å². The van der Waals surface area contributed by atoms with E-state index < -0.39 is 5.91 Å². The summed E-state index contributed by atoms with van der Waals surface area (Å²) in [5.41, 5.74) is 3.06. The molecule has 3 aromatic rings. The number of hydrogen-bond acceptors (Lipinski definition) is 3. The Hall–Kier alpha value is -2.70. The van der Waals surface area contributed by atoms with Crippen LogP contribution in [0.4, 0.5) is 10.1 Å². The number of nitrogens with one attached hydrogen (secondary N) is 1. The molecule has 7 heteroatoms. The Kier molecular flexibility index (Phi) is 7.82. The Bertz CT molecular complexity index is 1160. The minimum absolute atomic E-state index is 0.0169. The molecule has 4 nitrogen and oxygen atoms in total. The van der Waals surface area contributed by atoms with Gasteiger partial charge in [0, 0.05) is 5.69 Å². The molecular formula is C24H17BrFIN2O2. The van der Waals surface area contributed by atoms with E-state index >= 15 is 0 Å². The van der Waals surface area contributed by atoms with Crippen molar-refractivity contribution in [1.29, 1.82) is 5.26 Å². The van der Waals surface area contributed by atoms with Gasteiger partial charge in [-0.1, -0.05) is 29.8 Å². The minimum atomic E-state index is -0.482. The average molecular weight is 591 g/mol. The SMILES string of the molecule is Cc1ccc(NC(=O)/C(C#N)=C/c2cc(Br)c(OCc3cccc(F)c3)c(I)c2)cc1. The Morgan fingerprint density at radius 2 is 1.97 bits per heavy atom. The van der Waals surface area contributed by atoms with Gasteiger partial charge in [-0.25, -0.2) is 4.39 Å². The van der Waals surface area contributed by atoms with Crippen LogP contribution in [0, 0.1) is 27.6 Å². The number of aryl methyl sites for hydroxylation is 1. The van der Waals surface area contributed by atoms with Gasteiger partial charge in [-0.2, -0.15) is 5.26 Å². The summed E-state index contributed by atoms with van der Waals surface area (Å²) in [7, 11) is 0. The molecule has 3 rings (SSSR count). The number of nitriles is 1. The maximum absolute atomic E-state index is 13.3. The lowest BCUT2D eigenvalue weighted by Gasteiger charge is -2.12. The standard InChI is InChI=1S/C24H17BrFIN2O2/c1-15-5-7-20(8-6-15)29-24(30)18(13-28)9-17-11-21(25)23(22(27)12-17)31-14-16-3-2-4-19(26)10-16/h2-12H,14H2,1H3,(H,29,30)/b18-9+. The third-order valence-electron chi connectivity index (χ3n) is 4.28. The van der Waals surface area contributed by atoms with E-state index in [9.17, 15) is 14.4 Å². The van der Waals surface area contributed by atoms with Crippen LogP contribution in [0.15, 0.2) is 70.7 Å². The number of carbonyl (C=O) groups excluding carboxylic acids is 1. The number of anilines is 1. The predicted molar refractivity (Wildman–Crippen MR) is 131 cm³/mol. The molecule has 0 radical (unpaired) electrons. The second-order valence-corrected chi connectivity index (χ2v) is 8.74. The van der Waals surface area contributed by atoms with Gasteiger partial charge in [-0.3, -0.25) is 4.79 Å². The quantitative estimate of drug-likeness (QED) is 0.199. The lowest BCUT2D eigenvalue weighted by molar-refractivity contribution is -0.112. The van der Waals surface area contributed by atoms with E-state index in [1.54, 1.807) is 30.3 Å².